The van der Waals surface area contributed by atoms with E-state index in [1.165, 1.54) is 6.20 Å². The molecular weight excluding hydrogens is 364 g/mol. The van der Waals surface area contributed by atoms with Crippen molar-refractivity contribution >= 4 is 23.2 Å². The smallest absolute Gasteiger partial charge is 0.257 e. The zero-order chi connectivity index (χ0) is 21.1. The summed E-state index contributed by atoms with van der Waals surface area (Å²) in [4.78, 5) is 28.5. The van der Waals surface area contributed by atoms with Gasteiger partial charge < -0.3 is 10.6 Å². The number of carbonyl (C=O) groups is 2. The molecule has 2 aromatic rings. The lowest BCUT2D eigenvalue weighted by molar-refractivity contribution is -0.116. The molecule has 1 aromatic heterocycles. The predicted octanol–water partition coefficient (Wildman–Crippen LogP) is 5.08. The van der Waals surface area contributed by atoms with Gasteiger partial charge >= 0.3 is 0 Å². The van der Waals surface area contributed by atoms with E-state index in [4.69, 9.17) is 5.26 Å². The number of unbranched alkanes of at least 4 members (excludes halogenated alkanes) is 1. The van der Waals surface area contributed by atoms with E-state index < -0.39 is 0 Å². The van der Waals surface area contributed by atoms with Crippen molar-refractivity contribution in [2.45, 2.75) is 52.4 Å². The number of pyridine rings is 1. The van der Waals surface area contributed by atoms with Crippen molar-refractivity contribution in [2.75, 3.05) is 10.6 Å². The molecule has 0 aliphatic rings. The third kappa shape index (κ3) is 7.38. The van der Waals surface area contributed by atoms with Gasteiger partial charge in [-0.3, -0.25) is 14.6 Å². The van der Waals surface area contributed by atoms with E-state index in [9.17, 15) is 9.59 Å². The Balaban J connectivity index is 1.86. The monoisotopic (exact) mass is 392 g/mol. The molecular formula is C23H28N4O2. The minimum Gasteiger partial charge on any atom is -0.326 e. The summed E-state index contributed by atoms with van der Waals surface area (Å²) >= 11 is 0. The molecule has 6 heteroatoms. The molecule has 2 rings (SSSR count). The summed E-state index contributed by atoms with van der Waals surface area (Å²) < 4.78 is 0. The molecule has 152 valence electrons. The van der Waals surface area contributed by atoms with Gasteiger partial charge in [0, 0.05) is 36.1 Å². The largest absolute Gasteiger partial charge is 0.326 e. The minimum absolute atomic E-state index is 0.0672. The maximum absolute atomic E-state index is 12.3. The van der Waals surface area contributed by atoms with Gasteiger partial charge in [0.25, 0.3) is 5.91 Å². The van der Waals surface area contributed by atoms with Crippen molar-refractivity contribution in [1.29, 1.82) is 5.26 Å². The molecule has 0 saturated heterocycles. The first-order chi connectivity index (χ1) is 14.0. The molecule has 29 heavy (non-hydrogen) atoms. The Labute approximate surface area is 172 Å². The van der Waals surface area contributed by atoms with Crippen LogP contribution in [0.15, 0.2) is 42.7 Å². The van der Waals surface area contributed by atoms with Crippen molar-refractivity contribution in [3.05, 3.63) is 53.9 Å². The summed E-state index contributed by atoms with van der Waals surface area (Å²) in [6, 6.07) is 11.2. The molecule has 0 bridgehead atoms. The number of benzene rings is 1. The van der Waals surface area contributed by atoms with E-state index in [0.717, 1.165) is 37.7 Å². The van der Waals surface area contributed by atoms with Crippen LogP contribution < -0.4 is 10.6 Å². The van der Waals surface area contributed by atoms with Crippen LogP contribution in [-0.2, 0) is 4.79 Å². The minimum atomic E-state index is -0.246. The first-order valence-electron chi connectivity index (χ1n) is 10.0. The predicted molar refractivity (Wildman–Crippen MR) is 114 cm³/mol. The first kappa shape index (κ1) is 22.1. The summed E-state index contributed by atoms with van der Waals surface area (Å²) in [5.74, 6) is -0.225. The van der Waals surface area contributed by atoms with Gasteiger partial charge in [0.1, 0.15) is 0 Å². The fourth-order valence-electron chi connectivity index (χ4n) is 3.05. The van der Waals surface area contributed by atoms with Crippen molar-refractivity contribution < 1.29 is 9.59 Å². The maximum Gasteiger partial charge on any atom is 0.257 e. The number of rotatable bonds is 10. The van der Waals surface area contributed by atoms with E-state index in [1.54, 1.807) is 24.4 Å². The van der Waals surface area contributed by atoms with E-state index in [1.807, 2.05) is 19.1 Å². The third-order valence-electron chi connectivity index (χ3n) is 4.72. The van der Waals surface area contributed by atoms with Gasteiger partial charge in [0.05, 0.1) is 11.6 Å². The molecule has 0 spiro atoms. The van der Waals surface area contributed by atoms with Gasteiger partial charge in [-0.2, -0.15) is 5.26 Å². The molecule has 1 heterocycles. The molecule has 0 aliphatic carbocycles. The first-order valence-corrected chi connectivity index (χ1v) is 10.0. The number of hydrogen-bond donors (Lipinski definition) is 2. The summed E-state index contributed by atoms with van der Waals surface area (Å²) in [5, 5.41) is 14.8. The molecule has 2 N–H and O–H groups in total. The molecule has 2 amide bonds. The summed E-state index contributed by atoms with van der Waals surface area (Å²) in [5.41, 5.74) is 2.66. The topological polar surface area (TPSA) is 94.9 Å². The second-order valence-corrected chi connectivity index (χ2v) is 7.13. The Morgan fingerprint density at radius 2 is 2.00 bits per heavy atom. The molecule has 6 nitrogen and oxygen atoms in total. The zero-order valence-electron chi connectivity index (χ0n) is 17.1. The fourth-order valence-corrected chi connectivity index (χ4v) is 3.05. The Morgan fingerprint density at radius 1 is 1.17 bits per heavy atom. The highest BCUT2D eigenvalue weighted by Crippen LogP contribution is 2.22. The number of nitrogens with zero attached hydrogens (tertiary/aromatic N) is 2. The molecule has 1 aromatic carbocycles. The van der Waals surface area contributed by atoms with Crippen LogP contribution in [0.3, 0.4) is 0 Å². The molecule has 0 aliphatic heterocycles. The molecule has 0 fully saturated rings. The number of carbonyl (C=O) groups excluding carboxylic acids is 2. The molecule has 1 unspecified atom stereocenters. The number of anilines is 2. The molecule has 0 radical (unpaired) electrons. The SMILES string of the molecule is CCCC(C#N)CCCCC(=O)Nc1ccc(C)c(NC(=O)c2cccnc2)c1. The highest BCUT2D eigenvalue weighted by molar-refractivity contribution is 6.04. The quantitative estimate of drug-likeness (QED) is 0.551. The Kier molecular flexibility index (Phi) is 8.84. The van der Waals surface area contributed by atoms with Crippen LogP contribution in [0.1, 0.15) is 61.4 Å². The lowest BCUT2D eigenvalue weighted by atomic mass is 9.98. The Morgan fingerprint density at radius 3 is 2.69 bits per heavy atom. The van der Waals surface area contributed by atoms with Crippen LogP contribution in [0.2, 0.25) is 0 Å². The van der Waals surface area contributed by atoms with Gasteiger partial charge in [-0.15, -0.1) is 0 Å². The third-order valence-corrected chi connectivity index (χ3v) is 4.72. The lowest BCUT2D eigenvalue weighted by Crippen LogP contribution is -2.14. The van der Waals surface area contributed by atoms with Crippen LogP contribution in [0, 0.1) is 24.2 Å². The molecule has 0 saturated carbocycles. The van der Waals surface area contributed by atoms with Crippen molar-refractivity contribution in [3.63, 3.8) is 0 Å². The number of nitriles is 1. The normalized spacial score (nSPS) is 11.3. The maximum atomic E-state index is 12.3. The number of nitrogens with one attached hydrogen (secondary N) is 2. The van der Waals surface area contributed by atoms with E-state index >= 15 is 0 Å². The Bertz CT molecular complexity index is 859. The Hall–Kier alpha value is -3.20. The average molecular weight is 393 g/mol. The van der Waals surface area contributed by atoms with Gasteiger partial charge in [-0.05, 0) is 56.0 Å². The summed E-state index contributed by atoms with van der Waals surface area (Å²) in [7, 11) is 0. The van der Waals surface area contributed by atoms with Crippen LogP contribution in [0.4, 0.5) is 11.4 Å². The van der Waals surface area contributed by atoms with Crippen molar-refractivity contribution in [3.8, 4) is 6.07 Å². The second kappa shape index (κ2) is 11.6. The van der Waals surface area contributed by atoms with Gasteiger partial charge in [-0.25, -0.2) is 0 Å². The zero-order valence-corrected chi connectivity index (χ0v) is 17.1. The standard InChI is InChI=1S/C23H28N4O2/c1-3-7-18(15-24)8-4-5-10-22(28)26-20-12-11-17(2)21(14-20)27-23(29)19-9-6-13-25-16-19/h6,9,11-14,16,18H,3-5,7-8,10H2,1-2H3,(H,26,28)(H,27,29). The van der Waals surface area contributed by atoms with Gasteiger partial charge in [-0.1, -0.05) is 25.8 Å². The number of aromatic nitrogens is 1. The number of hydrogen-bond acceptors (Lipinski definition) is 4. The van der Waals surface area contributed by atoms with Crippen LogP contribution in [0.5, 0.6) is 0 Å². The van der Waals surface area contributed by atoms with Crippen LogP contribution >= 0.6 is 0 Å². The molecule has 1 atom stereocenters. The van der Waals surface area contributed by atoms with Crippen LogP contribution in [-0.4, -0.2) is 16.8 Å². The highest BCUT2D eigenvalue weighted by Gasteiger charge is 2.10. The number of aryl methyl sites for hydroxylation is 1. The number of amides is 2. The summed E-state index contributed by atoms with van der Waals surface area (Å²) in [6.07, 6.45) is 7.92. The van der Waals surface area contributed by atoms with E-state index in [0.29, 0.717) is 23.4 Å². The highest BCUT2D eigenvalue weighted by atomic mass is 16.2. The average Bonchev–Trinajstić information content (AvgIpc) is 2.73. The lowest BCUT2D eigenvalue weighted by Gasteiger charge is -2.12. The van der Waals surface area contributed by atoms with Crippen LogP contribution in [0.25, 0.3) is 0 Å². The summed E-state index contributed by atoms with van der Waals surface area (Å²) in [6.45, 7) is 3.97. The van der Waals surface area contributed by atoms with Gasteiger partial charge in [0.15, 0.2) is 0 Å². The fraction of sp³-hybridized carbons (Fsp3) is 0.391. The van der Waals surface area contributed by atoms with E-state index in [-0.39, 0.29) is 17.7 Å². The van der Waals surface area contributed by atoms with Crippen molar-refractivity contribution in [1.82, 2.24) is 4.98 Å². The van der Waals surface area contributed by atoms with E-state index in [2.05, 4.69) is 28.6 Å². The second-order valence-electron chi connectivity index (χ2n) is 7.13. The van der Waals surface area contributed by atoms with Crippen molar-refractivity contribution in [2.24, 2.45) is 5.92 Å². The van der Waals surface area contributed by atoms with Gasteiger partial charge in [0.2, 0.25) is 5.91 Å².